The number of nitrogens with one attached hydrogen (secondary N) is 1. The number of rotatable bonds is 10. The van der Waals surface area contributed by atoms with Crippen LogP contribution in [0.15, 0.2) is 44.8 Å². The van der Waals surface area contributed by atoms with Crippen LogP contribution in [0, 0.1) is 0 Å². The smallest absolute Gasteiger partial charge is 0.333 e. The summed E-state index contributed by atoms with van der Waals surface area (Å²) in [4.78, 5) is 30.5. The molecule has 0 bridgehead atoms. The maximum absolute atomic E-state index is 13.1. The molecule has 1 fully saturated rings. The molecular weight excluding hydrogens is 494 g/mol. The summed E-state index contributed by atoms with van der Waals surface area (Å²) in [7, 11) is -2.10. The Kier molecular flexibility index (Phi) is 8.92. The zero-order valence-corrected chi connectivity index (χ0v) is 23.8. The van der Waals surface area contributed by atoms with E-state index in [4.69, 9.17) is 4.74 Å². The number of aromatic nitrogens is 2. The fourth-order valence-electron chi connectivity index (χ4n) is 4.56. The zero-order chi connectivity index (χ0) is 27.5. The van der Waals surface area contributed by atoms with Gasteiger partial charge in [0.1, 0.15) is 17.2 Å². The van der Waals surface area contributed by atoms with Crippen LogP contribution in [0.25, 0.3) is 0 Å². The molecule has 206 valence electrons. The molecule has 0 radical (unpaired) electrons. The number of ether oxygens (including phenoxy) is 1. The molecule has 1 saturated heterocycles. The Hall–Kier alpha value is -2.63. The van der Waals surface area contributed by atoms with Crippen molar-refractivity contribution < 1.29 is 13.2 Å². The van der Waals surface area contributed by atoms with Gasteiger partial charge in [-0.25, -0.2) is 17.9 Å². The molecule has 0 amide bonds. The van der Waals surface area contributed by atoms with Crippen LogP contribution in [0.3, 0.4) is 0 Å². The number of nitrogens with zero attached hydrogens (tertiary/aromatic N) is 4. The highest BCUT2D eigenvalue weighted by atomic mass is 32.2. The Labute approximate surface area is 219 Å². The second kappa shape index (κ2) is 11.4. The van der Waals surface area contributed by atoms with Crippen molar-refractivity contribution in [1.82, 2.24) is 18.8 Å². The van der Waals surface area contributed by atoms with Gasteiger partial charge < -0.3 is 9.64 Å². The summed E-state index contributed by atoms with van der Waals surface area (Å²) < 4.78 is 35.3. The van der Waals surface area contributed by atoms with Crippen molar-refractivity contribution in [3.8, 4) is 5.75 Å². The van der Waals surface area contributed by atoms with Crippen molar-refractivity contribution in [2.75, 3.05) is 44.7 Å². The lowest BCUT2D eigenvalue weighted by atomic mass is 10.0. The SMILES string of the molecule is CNS(=O)(=O)c1ccc(OC(C)(C)CCN2CCN(c3cc(=O)n(C(C)C)c(=O)n3C(C)C)CC2)cc1. The van der Waals surface area contributed by atoms with Crippen LogP contribution in [0.2, 0.25) is 0 Å². The Bertz CT molecular complexity index is 1290. The summed E-state index contributed by atoms with van der Waals surface area (Å²) in [6.07, 6.45) is 0.782. The summed E-state index contributed by atoms with van der Waals surface area (Å²) in [5.74, 6) is 1.31. The van der Waals surface area contributed by atoms with E-state index < -0.39 is 15.6 Å². The molecule has 1 aliphatic rings. The Morgan fingerprint density at radius 3 is 2.03 bits per heavy atom. The quantitative estimate of drug-likeness (QED) is 0.498. The molecule has 0 unspecified atom stereocenters. The van der Waals surface area contributed by atoms with E-state index in [-0.39, 0.29) is 28.2 Å². The molecule has 2 aromatic rings. The average molecular weight is 536 g/mol. The monoisotopic (exact) mass is 535 g/mol. The molecule has 1 N–H and O–H groups in total. The third-order valence-corrected chi connectivity index (χ3v) is 8.14. The average Bonchev–Trinajstić information content (AvgIpc) is 2.82. The van der Waals surface area contributed by atoms with Gasteiger partial charge in [-0.2, -0.15) is 0 Å². The van der Waals surface area contributed by atoms with E-state index in [1.165, 1.54) is 23.7 Å². The highest BCUT2D eigenvalue weighted by Gasteiger charge is 2.26. The molecule has 0 saturated carbocycles. The predicted octanol–water partition coefficient (Wildman–Crippen LogP) is 2.45. The third-order valence-electron chi connectivity index (χ3n) is 6.71. The van der Waals surface area contributed by atoms with Gasteiger partial charge >= 0.3 is 5.69 Å². The zero-order valence-electron chi connectivity index (χ0n) is 23.0. The van der Waals surface area contributed by atoms with Gasteiger partial charge in [-0.1, -0.05) is 0 Å². The molecule has 0 atom stereocenters. The van der Waals surface area contributed by atoms with Crippen molar-refractivity contribution in [1.29, 1.82) is 0 Å². The van der Waals surface area contributed by atoms with Crippen molar-refractivity contribution >= 4 is 15.8 Å². The molecule has 2 heterocycles. The Morgan fingerprint density at radius 1 is 0.946 bits per heavy atom. The number of anilines is 1. The number of benzene rings is 1. The Morgan fingerprint density at radius 2 is 1.51 bits per heavy atom. The topological polar surface area (TPSA) is 106 Å². The summed E-state index contributed by atoms with van der Waals surface area (Å²) in [6.45, 7) is 15.6. The van der Waals surface area contributed by atoms with Gasteiger partial charge in [0.15, 0.2) is 0 Å². The van der Waals surface area contributed by atoms with Crippen LogP contribution in [-0.2, 0) is 10.0 Å². The van der Waals surface area contributed by atoms with Gasteiger partial charge in [-0.3, -0.25) is 18.8 Å². The van der Waals surface area contributed by atoms with E-state index in [0.29, 0.717) is 11.6 Å². The van der Waals surface area contributed by atoms with Crippen LogP contribution in [0.4, 0.5) is 5.82 Å². The summed E-state index contributed by atoms with van der Waals surface area (Å²) in [6, 6.07) is 7.76. The highest BCUT2D eigenvalue weighted by molar-refractivity contribution is 7.89. The normalized spacial score (nSPS) is 15.5. The lowest BCUT2D eigenvalue weighted by molar-refractivity contribution is 0.0820. The second-order valence-corrected chi connectivity index (χ2v) is 12.6. The lowest BCUT2D eigenvalue weighted by Gasteiger charge is -2.38. The van der Waals surface area contributed by atoms with Crippen LogP contribution >= 0.6 is 0 Å². The number of hydrogen-bond acceptors (Lipinski definition) is 7. The number of sulfonamides is 1. The number of hydrogen-bond donors (Lipinski definition) is 1. The van der Waals surface area contributed by atoms with Gasteiger partial charge in [0.05, 0.1) is 4.90 Å². The van der Waals surface area contributed by atoms with Gasteiger partial charge in [0.25, 0.3) is 5.56 Å². The molecule has 0 spiro atoms. The van der Waals surface area contributed by atoms with Gasteiger partial charge in [0, 0.05) is 50.9 Å². The van der Waals surface area contributed by atoms with E-state index in [2.05, 4.69) is 14.5 Å². The van der Waals surface area contributed by atoms with E-state index in [1.807, 2.05) is 41.5 Å². The van der Waals surface area contributed by atoms with Gasteiger partial charge in [-0.15, -0.1) is 0 Å². The minimum absolute atomic E-state index is 0.0588. The van der Waals surface area contributed by atoms with Crippen molar-refractivity contribution in [3.63, 3.8) is 0 Å². The first-order chi connectivity index (χ1) is 17.3. The maximum atomic E-state index is 13.1. The lowest BCUT2D eigenvalue weighted by Crippen LogP contribution is -2.51. The molecule has 10 nitrogen and oxygen atoms in total. The first-order valence-corrected chi connectivity index (χ1v) is 14.3. The molecule has 1 aromatic carbocycles. The molecular formula is C26H41N5O5S. The molecule has 1 aliphatic heterocycles. The predicted molar refractivity (Wildman–Crippen MR) is 146 cm³/mol. The summed E-state index contributed by atoms with van der Waals surface area (Å²) >= 11 is 0. The minimum Gasteiger partial charge on any atom is -0.488 e. The highest BCUT2D eigenvalue weighted by Crippen LogP contribution is 2.24. The van der Waals surface area contributed by atoms with Crippen molar-refractivity contribution in [2.24, 2.45) is 0 Å². The molecule has 0 aliphatic carbocycles. The fraction of sp³-hybridized carbons (Fsp3) is 0.615. The first-order valence-electron chi connectivity index (χ1n) is 12.8. The molecule has 3 rings (SSSR count). The van der Waals surface area contributed by atoms with Crippen molar-refractivity contribution in [3.05, 3.63) is 51.2 Å². The first kappa shape index (κ1) is 28.9. The number of piperazine rings is 1. The summed E-state index contributed by atoms with van der Waals surface area (Å²) in [5, 5.41) is 0. The molecule has 11 heteroatoms. The van der Waals surface area contributed by atoms with Crippen LogP contribution in [-0.4, -0.2) is 67.8 Å². The second-order valence-electron chi connectivity index (χ2n) is 10.7. The van der Waals surface area contributed by atoms with Crippen LogP contribution in [0.5, 0.6) is 5.75 Å². The van der Waals surface area contributed by atoms with E-state index >= 15 is 0 Å². The van der Waals surface area contributed by atoms with Crippen molar-refractivity contribution in [2.45, 2.75) is 70.5 Å². The van der Waals surface area contributed by atoms with Gasteiger partial charge in [-0.05, 0) is 79.3 Å². The largest absolute Gasteiger partial charge is 0.488 e. The molecule has 1 aromatic heterocycles. The Balaban J connectivity index is 1.61. The van der Waals surface area contributed by atoms with Crippen LogP contribution in [0.1, 0.15) is 60.0 Å². The minimum atomic E-state index is -3.48. The molecule has 37 heavy (non-hydrogen) atoms. The maximum Gasteiger partial charge on any atom is 0.333 e. The third kappa shape index (κ3) is 6.82. The van der Waals surface area contributed by atoms with E-state index in [0.717, 1.165) is 39.1 Å². The van der Waals surface area contributed by atoms with E-state index in [1.54, 1.807) is 22.8 Å². The van der Waals surface area contributed by atoms with Crippen LogP contribution < -0.4 is 25.6 Å². The summed E-state index contributed by atoms with van der Waals surface area (Å²) in [5.41, 5.74) is -0.963. The van der Waals surface area contributed by atoms with Gasteiger partial charge in [0.2, 0.25) is 10.0 Å². The standard InChI is InChI=1S/C26H41N5O5S/c1-19(2)30-23(18-24(32)31(20(3)4)25(30)33)29-16-14-28(15-17-29)13-12-26(5,6)36-21-8-10-22(11-9-21)37(34,35)27-7/h8-11,18-20,27H,12-17H2,1-7H3. The fourth-order valence-corrected chi connectivity index (χ4v) is 5.30. The van der Waals surface area contributed by atoms with E-state index in [9.17, 15) is 18.0 Å².